The Kier molecular flexibility index (Phi) is 5.45. The summed E-state index contributed by atoms with van der Waals surface area (Å²) >= 11 is 0. The Balaban J connectivity index is 3.71. The number of hydrogen-bond acceptors (Lipinski definition) is 6. The molecular weight excluding hydrogens is 202 g/mol. The lowest BCUT2D eigenvalue weighted by molar-refractivity contribution is -0.174. The largest absolute Gasteiger partial charge is 0.460 e. The van der Waals surface area contributed by atoms with Gasteiger partial charge in [0.1, 0.15) is 12.7 Å². The lowest BCUT2D eigenvalue weighted by Crippen LogP contribution is -2.46. The first-order valence-electron chi connectivity index (χ1n) is 4.43. The minimum Gasteiger partial charge on any atom is -0.460 e. The van der Waals surface area contributed by atoms with E-state index in [2.05, 4.69) is 16.6 Å². The second-order valence-electron chi connectivity index (χ2n) is 3.43. The molecule has 0 spiro atoms. The minimum atomic E-state index is -2.06. The Morgan fingerprint density at radius 2 is 2.13 bits per heavy atom. The summed E-state index contributed by atoms with van der Waals surface area (Å²) in [6.45, 7) is 5.64. The van der Waals surface area contributed by atoms with Gasteiger partial charge in [0.2, 0.25) is 5.91 Å². The molecule has 1 unspecified atom stereocenters. The van der Waals surface area contributed by atoms with Gasteiger partial charge in [0.05, 0.1) is 0 Å². The van der Waals surface area contributed by atoms with Crippen LogP contribution in [0.15, 0.2) is 12.2 Å². The third-order valence-electron chi connectivity index (χ3n) is 1.43. The van der Waals surface area contributed by atoms with Gasteiger partial charge in [-0.1, -0.05) is 6.58 Å². The summed E-state index contributed by atoms with van der Waals surface area (Å²) in [7, 11) is 0. The first-order valence-corrected chi connectivity index (χ1v) is 4.43. The van der Waals surface area contributed by atoms with Crippen LogP contribution in [0.3, 0.4) is 0 Å². The number of esters is 1. The van der Waals surface area contributed by atoms with Crippen molar-refractivity contribution in [3.63, 3.8) is 0 Å². The Labute approximate surface area is 88.2 Å². The van der Waals surface area contributed by atoms with Crippen LogP contribution in [0.5, 0.6) is 0 Å². The second kappa shape index (κ2) is 5.82. The van der Waals surface area contributed by atoms with E-state index < -0.39 is 18.0 Å². The second-order valence-corrected chi connectivity index (χ2v) is 3.43. The number of aliphatic hydroxyl groups excluding tert-OH is 1. The summed E-state index contributed by atoms with van der Waals surface area (Å²) in [5.41, 5.74) is 0.240. The Morgan fingerprint density at radius 3 is 2.53 bits per heavy atom. The van der Waals surface area contributed by atoms with E-state index in [9.17, 15) is 9.90 Å². The van der Waals surface area contributed by atoms with Gasteiger partial charge in [-0.3, -0.25) is 5.32 Å². The lowest BCUT2D eigenvalue weighted by atomic mass is 10.3. The van der Waals surface area contributed by atoms with Crippen LogP contribution in [-0.4, -0.2) is 46.5 Å². The molecule has 0 aliphatic carbocycles. The van der Waals surface area contributed by atoms with E-state index in [4.69, 9.17) is 10.2 Å². The summed E-state index contributed by atoms with van der Waals surface area (Å²) in [5.74, 6) is -2.65. The van der Waals surface area contributed by atoms with E-state index in [1.54, 1.807) is 0 Å². The standard InChI is InChI=1S/C9H17NO5/c1-6(2)8(12)15-5-7(11)4-10-9(3,13)14/h7,10-11,13-14H,1,4-5H2,2-3H3. The summed E-state index contributed by atoms with van der Waals surface area (Å²) in [6, 6.07) is 0. The summed E-state index contributed by atoms with van der Waals surface area (Å²) in [5, 5.41) is 29.2. The molecule has 4 N–H and O–H groups in total. The average molecular weight is 219 g/mol. The summed E-state index contributed by atoms with van der Waals surface area (Å²) in [6.07, 6.45) is -1.01. The number of carbonyl (C=O) groups is 1. The molecule has 0 rings (SSSR count). The molecule has 0 aromatic heterocycles. The fourth-order valence-electron chi connectivity index (χ4n) is 0.665. The maximum Gasteiger partial charge on any atom is 0.333 e. The van der Waals surface area contributed by atoms with Crippen molar-refractivity contribution in [1.82, 2.24) is 5.32 Å². The van der Waals surface area contributed by atoms with Gasteiger partial charge >= 0.3 is 5.97 Å². The predicted octanol–water partition coefficient (Wildman–Crippen LogP) is -1.29. The van der Waals surface area contributed by atoms with Crippen LogP contribution in [0, 0.1) is 0 Å². The summed E-state index contributed by atoms with van der Waals surface area (Å²) in [4.78, 5) is 10.9. The number of aliphatic hydroxyl groups is 3. The van der Waals surface area contributed by atoms with E-state index in [1.807, 2.05) is 0 Å². The highest BCUT2D eigenvalue weighted by Crippen LogP contribution is 1.95. The molecule has 0 aromatic rings. The normalized spacial score (nSPS) is 13.4. The predicted molar refractivity (Wildman–Crippen MR) is 52.6 cm³/mol. The van der Waals surface area contributed by atoms with Crippen LogP contribution in [0.25, 0.3) is 0 Å². The fourth-order valence-corrected chi connectivity index (χ4v) is 0.665. The molecule has 6 nitrogen and oxygen atoms in total. The van der Waals surface area contributed by atoms with Crippen molar-refractivity contribution < 1.29 is 24.9 Å². The number of hydrogen-bond donors (Lipinski definition) is 4. The molecule has 0 bridgehead atoms. The molecule has 0 aromatic carbocycles. The highest BCUT2D eigenvalue weighted by atomic mass is 16.5. The van der Waals surface area contributed by atoms with Crippen molar-refractivity contribution in [3.05, 3.63) is 12.2 Å². The molecule has 0 radical (unpaired) electrons. The fraction of sp³-hybridized carbons (Fsp3) is 0.667. The van der Waals surface area contributed by atoms with Crippen LogP contribution < -0.4 is 5.32 Å². The number of carbonyl (C=O) groups excluding carboxylic acids is 1. The smallest absolute Gasteiger partial charge is 0.333 e. The number of nitrogens with one attached hydrogen (secondary N) is 1. The van der Waals surface area contributed by atoms with Gasteiger partial charge in [-0.05, 0) is 6.92 Å². The molecule has 0 fully saturated rings. The Hall–Kier alpha value is -0.950. The minimum absolute atomic E-state index is 0.104. The third kappa shape index (κ3) is 8.07. The SMILES string of the molecule is C=C(C)C(=O)OCC(O)CNC(C)(O)O. The quantitative estimate of drug-likeness (QED) is 0.252. The highest BCUT2D eigenvalue weighted by molar-refractivity contribution is 5.86. The van der Waals surface area contributed by atoms with Crippen LogP contribution in [0.2, 0.25) is 0 Å². The average Bonchev–Trinajstić information content (AvgIpc) is 2.09. The third-order valence-corrected chi connectivity index (χ3v) is 1.43. The molecule has 0 saturated carbocycles. The molecule has 1 atom stereocenters. The number of ether oxygens (including phenoxy) is 1. The van der Waals surface area contributed by atoms with E-state index >= 15 is 0 Å². The van der Waals surface area contributed by atoms with Gasteiger partial charge < -0.3 is 20.1 Å². The first-order chi connectivity index (χ1) is 6.72. The van der Waals surface area contributed by atoms with Gasteiger partial charge in [0.25, 0.3) is 0 Å². The molecule has 88 valence electrons. The molecular formula is C9H17NO5. The molecule has 0 saturated heterocycles. The lowest BCUT2D eigenvalue weighted by Gasteiger charge is -2.20. The topological polar surface area (TPSA) is 99.0 Å². The first kappa shape index (κ1) is 14.1. The molecule has 6 heteroatoms. The van der Waals surface area contributed by atoms with Crippen LogP contribution in [0.1, 0.15) is 13.8 Å². The zero-order valence-corrected chi connectivity index (χ0v) is 8.86. The number of rotatable bonds is 6. The monoisotopic (exact) mass is 219 g/mol. The van der Waals surface area contributed by atoms with E-state index in [-0.39, 0.29) is 18.7 Å². The molecule has 0 aliphatic rings. The molecule has 0 aliphatic heterocycles. The van der Waals surface area contributed by atoms with Gasteiger partial charge in [-0.25, -0.2) is 4.79 Å². The van der Waals surface area contributed by atoms with Crippen molar-refractivity contribution >= 4 is 5.97 Å². The Morgan fingerprint density at radius 1 is 1.60 bits per heavy atom. The molecule has 15 heavy (non-hydrogen) atoms. The van der Waals surface area contributed by atoms with Gasteiger partial charge in [0, 0.05) is 19.0 Å². The molecule has 0 heterocycles. The Bertz CT molecular complexity index is 233. The van der Waals surface area contributed by atoms with Crippen molar-refractivity contribution in [2.75, 3.05) is 13.2 Å². The van der Waals surface area contributed by atoms with Crippen molar-refractivity contribution in [2.24, 2.45) is 0 Å². The maximum atomic E-state index is 10.9. The van der Waals surface area contributed by atoms with Crippen LogP contribution >= 0.6 is 0 Å². The zero-order valence-electron chi connectivity index (χ0n) is 8.86. The van der Waals surface area contributed by atoms with Crippen molar-refractivity contribution in [1.29, 1.82) is 0 Å². The van der Waals surface area contributed by atoms with E-state index in [1.165, 1.54) is 6.92 Å². The zero-order chi connectivity index (χ0) is 12.1. The maximum absolute atomic E-state index is 10.9. The highest BCUT2D eigenvalue weighted by Gasteiger charge is 2.16. The van der Waals surface area contributed by atoms with Crippen LogP contribution in [0.4, 0.5) is 0 Å². The van der Waals surface area contributed by atoms with Gasteiger partial charge in [0.15, 0.2) is 0 Å². The van der Waals surface area contributed by atoms with E-state index in [0.29, 0.717) is 0 Å². The van der Waals surface area contributed by atoms with Gasteiger partial charge in [-0.2, -0.15) is 0 Å². The molecule has 0 amide bonds. The van der Waals surface area contributed by atoms with Gasteiger partial charge in [-0.15, -0.1) is 0 Å². The van der Waals surface area contributed by atoms with Crippen molar-refractivity contribution in [2.45, 2.75) is 25.9 Å². The van der Waals surface area contributed by atoms with E-state index in [0.717, 1.165) is 6.92 Å². The van der Waals surface area contributed by atoms with Crippen LogP contribution in [-0.2, 0) is 9.53 Å². The van der Waals surface area contributed by atoms with Crippen molar-refractivity contribution in [3.8, 4) is 0 Å². The summed E-state index contributed by atoms with van der Waals surface area (Å²) < 4.78 is 4.64.